The second-order valence-corrected chi connectivity index (χ2v) is 7.52. The van der Waals surface area contributed by atoms with Gasteiger partial charge in [-0.1, -0.05) is 37.3 Å². The summed E-state index contributed by atoms with van der Waals surface area (Å²) >= 11 is 0. The molecule has 1 heterocycles. The van der Waals surface area contributed by atoms with Crippen molar-refractivity contribution in [3.63, 3.8) is 0 Å². The largest absolute Gasteiger partial charge is 0.399 e. The minimum absolute atomic E-state index is 0. The number of hydrogen-bond donors (Lipinski definition) is 2. The Hall–Kier alpha value is -2.53. The SMILES string of the molecule is CCC(C(=O)N1CCC(NC(=O)c2ccc(N)c(C)c2)CC1)c1ccccc1.Cl. The molecule has 1 fully saturated rings. The maximum atomic E-state index is 13.0. The number of likely N-dealkylation sites (tertiary alicyclic amines) is 1. The van der Waals surface area contributed by atoms with Gasteiger partial charge in [0.25, 0.3) is 5.91 Å². The first-order valence-electron chi connectivity index (χ1n) is 10.00. The number of nitrogens with two attached hydrogens (primary N) is 1. The second kappa shape index (κ2) is 10.3. The minimum atomic E-state index is -0.0925. The first-order chi connectivity index (χ1) is 13.5. The number of hydrogen-bond acceptors (Lipinski definition) is 3. The van der Waals surface area contributed by atoms with Crippen molar-refractivity contribution in [3.05, 3.63) is 65.2 Å². The van der Waals surface area contributed by atoms with Crippen LogP contribution in [0.2, 0.25) is 0 Å². The highest BCUT2D eigenvalue weighted by molar-refractivity contribution is 5.95. The molecule has 1 saturated heterocycles. The molecule has 0 bridgehead atoms. The normalized spacial score (nSPS) is 15.3. The van der Waals surface area contributed by atoms with Gasteiger partial charge < -0.3 is 16.0 Å². The smallest absolute Gasteiger partial charge is 0.251 e. The number of amides is 2. The van der Waals surface area contributed by atoms with Crippen LogP contribution in [0.4, 0.5) is 5.69 Å². The predicted octanol–water partition coefficient (Wildman–Crippen LogP) is 3.91. The fraction of sp³-hybridized carbons (Fsp3) is 0.391. The molecule has 156 valence electrons. The van der Waals surface area contributed by atoms with Crippen LogP contribution in [0, 0.1) is 6.92 Å². The van der Waals surface area contributed by atoms with E-state index in [1.807, 2.05) is 48.2 Å². The lowest BCUT2D eigenvalue weighted by Crippen LogP contribution is -2.47. The van der Waals surface area contributed by atoms with E-state index >= 15 is 0 Å². The van der Waals surface area contributed by atoms with Gasteiger partial charge in [-0.2, -0.15) is 0 Å². The average Bonchev–Trinajstić information content (AvgIpc) is 2.72. The van der Waals surface area contributed by atoms with E-state index in [0.717, 1.165) is 30.4 Å². The fourth-order valence-corrected chi connectivity index (χ4v) is 3.79. The maximum Gasteiger partial charge on any atom is 0.251 e. The van der Waals surface area contributed by atoms with E-state index in [1.54, 1.807) is 12.1 Å². The van der Waals surface area contributed by atoms with Crippen LogP contribution in [-0.2, 0) is 4.79 Å². The summed E-state index contributed by atoms with van der Waals surface area (Å²) in [5, 5.41) is 3.10. The van der Waals surface area contributed by atoms with Crippen LogP contribution in [0.25, 0.3) is 0 Å². The molecule has 2 aromatic carbocycles. The summed E-state index contributed by atoms with van der Waals surface area (Å²) in [6.07, 6.45) is 2.34. The zero-order valence-electron chi connectivity index (χ0n) is 17.1. The van der Waals surface area contributed by atoms with Crippen molar-refractivity contribution in [2.24, 2.45) is 0 Å². The van der Waals surface area contributed by atoms with Crippen molar-refractivity contribution >= 4 is 29.9 Å². The average molecular weight is 416 g/mol. The number of aryl methyl sites for hydroxylation is 1. The van der Waals surface area contributed by atoms with E-state index in [2.05, 4.69) is 12.2 Å². The molecule has 1 aliphatic rings. The minimum Gasteiger partial charge on any atom is -0.399 e. The van der Waals surface area contributed by atoms with Crippen molar-refractivity contribution in [2.75, 3.05) is 18.8 Å². The van der Waals surface area contributed by atoms with E-state index in [4.69, 9.17) is 5.73 Å². The highest BCUT2D eigenvalue weighted by Crippen LogP contribution is 2.24. The summed E-state index contributed by atoms with van der Waals surface area (Å²) in [6, 6.07) is 15.4. The molecule has 2 amide bonds. The molecule has 2 aromatic rings. The molecule has 1 aliphatic heterocycles. The van der Waals surface area contributed by atoms with E-state index in [-0.39, 0.29) is 36.2 Å². The quantitative estimate of drug-likeness (QED) is 0.727. The Kier molecular flexibility index (Phi) is 8.09. The van der Waals surface area contributed by atoms with Crippen LogP contribution < -0.4 is 11.1 Å². The number of piperidine rings is 1. The van der Waals surface area contributed by atoms with Gasteiger partial charge >= 0.3 is 0 Å². The Morgan fingerprint density at radius 3 is 2.38 bits per heavy atom. The number of carbonyl (C=O) groups is 2. The number of benzene rings is 2. The molecule has 6 heteroatoms. The fourth-order valence-electron chi connectivity index (χ4n) is 3.79. The standard InChI is InChI=1S/C23H29N3O2.ClH/c1-3-20(17-7-5-4-6-8-17)23(28)26-13-11-19(12-14-26)25-22(27)18-9-10-21(24)16(2)15-18;/h4-10,15,19-20H,3,11-14,24H2,1-2H3,(H,25,27);1H. The molecule has 3 rings (SSSR count). The van der Waals surface area contributed by atoms with Gasteiger partial charge in [-0.25, -0.2) is 0 Å². The zero-order chi connectivity index (χ0) is 20.1. The highest BCUT2D eigenvalue weighted by atomic mass is 35.5. The lowest BCUT2D eigenvalue weighted by molar-refractivity contribution is -0.134. The molecule has 0 aromatic heterocycles. The zero-order valence-corrected chi connectivity index (χ0v) is 17.9. The van der Waals surface area contributed by atoms with Gasteiger partial charge in [0.05, 0.1) is 5.92 Å². The Morgan fingerprint density at radius 2 is 1.79 bits per heavy atom. The molecular weight excluding hydrogens is 386 g/mol. The number of carbonyl (C=O) groups excluding carboxylic acids is 2. The van der Waals surface area contributed by atoms with Crippen LogP contribution in [0.15, 0.2) is 48.5 Å². The summed E-state index contributed by atoms with van der Waals surface area (Å²) in [4.78, 5) is 27.4. The van der Waals surface area contributed by atoms with Crippen LogP contribution >= 0.6 is 12.4 Å². The highest BCUT2D eigenvalue weighted by Gasteiger charge is 2.28. The molecule has 0 spiro atoms. The van der Waals surface area contributed by atoms with Crippen molar-refractivity contribution < 1.29 is 9.59 Å². The third-order valence-corrected chi connectivity index (χ3v) is 5.58. The molecule has 0 radical (unpaired) electrons. The van der Waals surface area contributed by atoms with Gasteiger partial charge in [-0.05, 0) is 55.5 Å². The van der Waals surface area contributed by atoms with Gasteiger partial charge in [0.15, 0.2) is 0 Å². The number of anilines is 1. The van der Waals surface area contributed by atoms with Crippen LogP contribution in [0.1, 0.15) is 53.6 Å². The lowest BCUT2D eigenvalue weighted by Gasteiger charge is -2.34. The van der Waals surface area contributed by atoms with Gasteiger partial charge in [-0.3, -0.25) is 9.59 Å². The molecule has 1 unspecified atom stereocenters. The van der Waals surface area contributed by atoms with Gasteiger partial charge in [0.2, 0.25) is 5.91 Å². The third kappa shape index (κ3) is 5.51. The summed E-state index contributed by atoms with van der Waals surface area (Å²) < 4.78 is 0. The molecule has 29 heavy (non-hydrogen) atoms. The van der Waals surface area contributed by atoms with Crippen molar-refractivity contribution in [1.29, 1.82) is 0 Å². The number of halogens is 1. The van der Waals surface area contributed by atoms with Gasteiger partial charge in [0.1, 0.15) is 0 Å². The lowest BCUT2D eigenvalue weighted by atomic mass is 9.93. The van der Waals surface area contributed by atoms with Crippen molar-refractivity contribution in [1.82, 2.24) is 10.2 Å². The Bertz CT molecular complexity index is 833. The summed E-state index contributed by atoms with van der Waals surface area (Å²) in [5.74, 6) is 0.0151. The summed E-state index contributed by atoms with van der Waals surface area (Å²) in [7, 11) is 0. The second-order valence-electron chi connectivity index (χ2n) is 7.52. The third-order valence-electron chi connectivity index (χ3n) is 5.58. The Balaban J connectivity index is 0.00000300. The predicted molar refractivity (Wildman–Crippen MR) is 119 cm³/mol. The summed E-state index contributed by atoms with van der Waals surface area (Å²) in [6.45, 7) is 5.30. The van der Waals surface area contributed by atoms with E-state index < -0.39 is 0 Å². The first-order valence-corrected chi connectivity index (χ1v) is 10.00. The Morgan fingerprint density at radius 1 is 1.14 bits per heavy atom. The van der Waals surface area contributed by atoms with E-state index in [0.29, 0.717) is 24.3 Å². The van der Waals surface area contributed by atoms with E-state index in [1.165, 1.54) is 0 Å². The molecule has 0 saturated carbocycles. The topological polar surface area (TPSA) is 75.4 Å². The number of nitrogen functional groups attached to an aromatic ring is 1. The first kappa shape index (κ1) is 22.8. The molecule has 5 nitrogen and oxygen atoms in total. The number of nitrogens with zero attached hydrogens (tertiary/aromatic N) is 1. The maximum absolute atomic E-state index is 13.0. The Labute approximate surface area is 179 Å². The summed E-state index contributed by atoms with van der Waals surface area (Å²) in [5.41, 5.74) is 9.11. The molecule has 3 N–H and O–H groups in total. The van der Waals surface area contributed by atoms with Crippen molar-refractivity contribution in [3.8, 4) is 0 Å². The van der Waals surface area contributed by atoms with Gasteiger partial charge in [-0.15, -0.1) is 12.4 Å². The molecule has 1 atom stereocenters. The molecule has 0 aliphatic carbocycles. The van der Waals surface area contributed by atoms with Crippen LogP contribution in [0.5, 0.6) is 0 Å². The molecular formula is C23H30ClN3O2. The van der Waals surface area contributed by atoms with Crippen LogP contribution in [-0.4, -0.2) is 35.8 Å². The van der Waals surface area contributed by atoms with Crippen LogP contribution in [0.3, 0.4) is 0 Å². The van der Waals surface area contributed by atoms with Crippen molar-refractivity contribution in [2.45, 2.75) is 45.1 Å². The number of nitrogens with one attached hydrogen (secondary N) is 1. The monoisotopic (exact) mass is 415 g/mol. The van der Waals surface area contributed by atoms with E-state index in [9.17, 15) is 9.59 Å². The number of rotatable bonds is 5. The van der Waals surface area contributed by atoms with Gasteiger partial charge in [0, 0.05) is 30.4 Å².